The van der Waals surface area contributed by atoms with Gasteiger partial charge in [-0.05, 0) is 36.6 Å². The molecule has 0 aliphatic rings. The zero-order valence-electron chi connectivity index (χ0n) is 10.7. The molecule has 90 valence electrons. The molecular weight excluding hydrogens is 196 g/mol. The maximum atomic E-state index is 4.08. The molecule has 1 N–H and O–H groups in total. The number of nitrogens with zero attached hydrogens (tertiary/aromatic N) is 1. The zero-order chi connectivity index (χ0) is 11.8. The maximum Gasteiger partial charge on any atom is 0.0323 e. The van der Waals surface area contributed by atoms with Crippen LogP contribution in [0.1, 0.15) is 51.6 Å². The summed E-state index contributed by atoms with van der Waals surface area (Å²) in [6.07, 6.45) is 7.52. The lowest BCUT2D eigenvalue weighted by atomic mass is 9.91. The predicted molar refractivity (Wildman–Crippen MR) is 69.3 cm³/mol. The Morgan fingerprint density at radius 3 is 2.25 bits per heavy atom. The minimum Gasteiger partial charge on any atom is -0.310 e. The summed E-state index contributed by atoms with van der Waals surface area (Å²) >= 11 is 0. The number of hydrogen-bond acceptors (Lipinski definition) is 2. The molecule has 2 heteroatoms. The second-order valence-corrected chi connectivity index (χ2v) is 4.31. The highest BCUT2D eigenvalue weighted by Crippen LogP contribution is 2.24. The normalized spacial score (nSPS) is 13.0. The van der Waals surface area contributed by atoms with Gasteiger partial charge in [-0.15, -0.1) is 0 Å². The SMILES string of the molecule is CCNC(CC(CC)CC)c1ccncc1. The molecule has 1 aromatic heterocycles. The quantitative estimate of drug-likeness (QED) is 0.760. The molecule has 0 saturated heterocycles. The van der Waals surface area contributed by atoms with Crippen molar-refractivity contribution in [2.24, 2.45) is 5.92 Å². The molecule has 0 radical (unpaired) electrons. The van der Waals surface area contributed by atoms with E-state index in [9.17, 15) is 0 Å². The topological polar surface area (TPSA) is 24.9 Å². The van der Waals surface area contributed by atoms with Crippen LogP contribution in [0.2, 0.25) is 0 Å². The smallest absolute Gasteiger partial charge is 0.0323 e. The molecule has 1 unspecified atom stereocenters. The van der Waals surface area contributed by atoms with Crippen molar-refractivity contribution in [3.05, 3.63) is 30.1 Å². The molecule has 0 aliphatic heterocycles. The van der Waals surface area contributed by atoms with Gasteiger partial charge in [-0.25, -0.2) is 0 Å². The van der Waals surface area contributed by atoms with Gasteiger partial charge in [0.2, 0.25) is 0 Å². The average molecular weight is 220 g/mol. The second kappa shape index (κ2) is 7.39. The monoisotopic (exact) mass is 220 g/mol. The van der Waals surface area contributed by atoms with Gasteiger partial charge in [-0.2, -0.15) is 0 Å². The molecule has 1 atom stereocenters. The largest absolute Gasteiger partial charge is 0.310 e. The van der Waals surface area contributed by atoms with Crippen molar-refractivity contribution in [3.63, 3.8) is 0 Å². The highest BCUT2D eigenvalue weighted by molar-refractivity contribution is 5.15. The third kappa shape index (κ3) is 3.93. The zero-order valence-corrected chi connectivity index (χ0v) is 10.7. The fourth-order valence-electron chi connectivity index (χ4n) is 2.13. The summed E-state index contributed by atoms with van der Waals surface area (Å²) in [6, 6.07) is 4.73. The van der Waals surface area contributed by atoms with Gasteiger partial charge in [0, 0.05) is 18.4 Å². The Bertz CT molecular complexity index is 267. The van der Waals surface area contributed by atoms with E-state index in [-0.39, 0.29) is 0 Å². The molecule has 1 aromatic rings. The molecule has 0 fully saturated rings. The maximum absolute atomic E-state index is 4.08. The first kappa shape index (κ1) is 13.2. The van der Waals surface area contributed by atoms with Crippen LogP contribution in [-0.2, 0) is 0 Å². The van der Waals surface area contributed by atoms with Gasteiger partial charge < -0.3 is 5.32 Å². The molecule has 1 heterocycles. The lowest BCUT2D eigenvalue weighted by molar-refractivity contribution is 0.375. The summed E-state index contributed by atoms with van der Waals surface area (Å²) in [5.41, 5.74) is 1.36. The van der Waals surface area contributed by atoms with Crippen molar-refractivity contribution >= 4 is 0 Å². The van der Waals surface area contributed by atoms with E-state index in [1.807, 2.05) is 12.4 Å². The first-order valence-electron chi connectivity index (χ1n) is 6.45. The van der Waals surface area contributed by atoms with E-state index in [1.54, 1.807) is 0 Å². The van der Waals surface area contributed by atoms with E-state index < -0.39 is 0 Å². The highest BCUT2D eigenvalue weighted by Gasteiger charge is 2.14. The van der Waals surface area contributed by atoms with Crippen LogP contribution in [0.15, 0.2) is 24.5 Å². The minimum absolute atomic E-state index is 0.484. The predicted octanol–water partition coefficient (Wildman–Crippen LogP) is 3.56. The van der Waals surface area contributed by atoms with Crippen LogP contribution in [0.5, 0.6) is 0 Å². The summed E-state index contributed by atoms with van der Waals surface area (Å²) in [5.74, 6) is 0.817. The van der Waals surface area contributed by atoms with Crippen molar-refractivity contribution in [2.45, 2.75) is 46.1 Å². The van der Waals surface area contributed by atoms with Crippen LogP contribution < -0.4 is 5.32 Å². The van der Waals surface area contributed by atoms with Crippen molar-refractivity contribution in [1.82, 2.24) is 10.3 Å². The van der Waals surface area contributed by atoms with E-state index in [0.29, 0.717) is 6.04 Å². The van der Waals surface area contributed by atoms with Crippen LogP contribution in [0, 0.1) is 5.92 Å². The van der Waals surface area contributed by atoms with Crippen LogP contribution in [-0.4, -0.2) is 11.5 Å². The highest BCUT2D eigenvalue weighted by atomic mass is 14.9. The van der Waals surface area contributed by atoms with Crippen LogP contribution in [0.25, 0.3) is 0 Å². The summed E-state index contributed by atoms with van der Waals surface area (Å²) < 4.78 is 0. The van der Waals surface area contributed by atoms with Gasteiger partial charge >= 0.3 is 0 Å². The molecule has 0 amide bonds. The Balaban J connectivity index is 2.67. The van der Waals surface area contributed by atoms with Crippen molar-refractivity contribution in [3.8, 4) is 0 Å². The molecule has 16 heavy (non-hydrogen) atoms. The number of pyridine rings is 1. The van der Waals surface area contributed by atoms with Gasteiger partial charge in [0.1, 0.15) is 0 Å². The molecule has 0 bridgehead atoms. The molecule has 0 spiro atoms. The third-order valence-corrected chi connectivity index (χ3v) is 3.28. The standard InChI is InChI=1S/C14H24N2/c1-4-12(5-2)11-14(16-6-3)13-7-9-15-10-8-13/h7-10,12,14,16H,4-6,11H2,1-3H3. The average Bonchev–Trinajstić information content (AvgIpc) is 2.35. The molecule has 1 rings (SSSR count). The number of rotatable bonds is 7. The first-order valence-corrected chi connectivity index (χ1v) is 6.45. The van der Waals surface area contributed by atoms with Crippen molar-refractivity contribution < 1.29 is 0 Å². The van der Waals surface area contributed by atoms with E-state index in [2.05, 4.69) is 43.2 Å². The summed E-state index contributed by atoms with van der Waals surface area (Å²) in [7, 11) is 0. The van der Waals surface area contributed by atoms with E-state index in [0.717, 1.165) is 12.5 Å². The molecule has 0 aliphatic carbocycles. The fourth-order valence-corrected chi connectivity index (χ4v) is 2.13. The van der Waals surface area contributed by atoms with E-state index in [1.165, 1.54) is 24.8 Å². The summed E-state index contributed by atoms with van der Waals surface area (Å²) in [6.45, 7) is 7.75. The van der Waals surface area contributed by atoms with Crippen LogP contribution in [0.3, 0.4) is 0 Å². The molecule has 0 saturated carbocycles. The lowest BCUT2D eigenvalue weighted by Gasteiger charge is -2.23. The summed E-state index contributed by atoms with van der Waals surface area (Å²) in [5, 5.41) is 3.57. The van der Waals surface area contributed by atoms with Gasteiger partial charge in [0.25, 0.3) is 0 Å². The number of hydrogen-bond donors (Lipinski definition) is 1. The van der Waals surface area contributed by atoms with E-state index in [4.69, 9.17) is 0 Å². The van der Waals surface area contributed by atoms with Gasteiger partial charge in [-0.1, -0.05) is 33.6 Å². The number of nitrogens with one attached hydrogen (secondary N) is 1. The van der Waals surface area contributed by atoms with Crippen LogP contribution in [0.4, 0.5) is 0 Å². The Kier molecular flexibility index (Phi) is 6.09. The van der Waals surface area contributed by atoms with Crippen LogP contribution >= 0.6 is 0 Å². The fraction of sp³-hybridized carbons (Fsp3) is 0.643. The Hall–Kier alpha value is -0.890. The van der Waals surface area contributed by atoms with Gasteiger partial charge in [-0.3, -0.25) is 4.98 Å². The Labute approximate surface area is 99.5 Å². The third-order valence-electron chi connectivity index (χ3n) is 3.28. The van der Waals surface area contributed by atoms with Crippen molar-refractivity contribution in [2.75, 3.05) is 6.54 Å². The van der Waals surface area contributed by atoms with Gasteiger partial charge in [0.15, 0.2) is 0 Å². The number of aromatic nitrogens is 1. The summed E-state index contributed by atoms with van der Waals surface area (Å²) in [4.78, 5) is 4.08. The molecule has 0 aromatic carbocycles. The lowest BCUT2D eigenvalue weighted by Crippen LogP contribution is -2.23. The Morgan fingerprint density at radius 1 is 1.12 bits per heavy atom. The van der Waals surface area contributed by atoms with E-state index >= 15 is 0 Å². The minimum atomic E-state index is 0.484. The van der Waals surface area contributed by atoms with Gasteiger partial charge in [0.05, 0.1) is 0 Å². The first-order chi connectivity index (χ1) is 7.81. The molecular formula is C14H24N2. The molecule has 2 nitrogen and oxygen atoms in total. The second-order valence-electron chi connectivity index (χ2n) is 4.31. The Morgan fingerprint density at radius 2 is 1.75 bits per heavy atom. The van der Waals surface area contributed by atoms with Crippen molar-refractivity contribution in [1.29, 1.82) is 0 Å².